The Balaban J connectivity index is 2.12. The third kappa shape index (κ3) is 1.93. The number of pyridine rings is 1. The smallest absolute Gasteiger partial charge is 0.137 e. The van der Waals surface area contributed by atoms with Crippen molar-refractivity contribution in [2.24, 2.45) is 0 Å². The maximum atomic E-state index is 5.17. The average molecular weight is 235 g/mol. The van der Waals surface area contributed by atoms with Crippen molar-refractivity contribution in [1.82, 2.24) is 4.98 Å². The average Bonchev–Trinajstić information content (AvgIpc) is 2.47. The molecular weight excluding hydrogens is 222 g/mol. The zero-order valence-corrected chi connectivity index (χ0v) is 10.1. The number of aromatic nitrogens is 1. The molecule has 2 aromatic carbocycles. The normalized spacial score (nSPS) is 10.5. The first-order valence-electron chi connectivity index (χ1n) is 5.86. The molecule has 2 heteroatoms. The van der Waals surface area contributed by atoms with Gasteiger partial charge in [-0.3, -0.25) is 4.98 Å². The first-order valence-corrected chi connectivity index (χ1v) is 5.86. The molecule has 3 aromatic rings. The molecule has 88 valence electrons. The van der Waals surface area contributed by atoms with E-state index in [2.05, 4.69) is 35.3 Å². The highest BCUT2D eigenvalue weighted by Gasteiger charge is 2.01. The molecule has 0 amide bonds. The summed E-state index contributed by atoms with van der Waals surface area (Å²) in [5.41, 5.74) is 3.37. The van der Waals surface area contributed by atoms with Crippen LogP contribution in [-0.2, 0) is 0 Å². The molecule has 0 radical (unpaired) electrons. The molecular formula is C16H13NO. The Hall–Kier alpha value is -2.35. The van der Waals surface area contributed by atoms with Crippen LogP contribution < -0.4 is 4.74 Å². The number of benzene rings is 2. The summed E-state index contributed by atoms with van der Waals surface area (Å²) in [5, 5.41) is 1.09. The summed E-state index contributed by atoms with van der Waals surface area (Å²) in [7, 11) is 1.65. The lowest BCUT2D eigenvalue weighted by Gasteiger charge is -2.05. The Bertz CT molecular complexity index is 677. The van der Waals surface area contributed by atoms with Crippen molar-refractivity contribution < 1.29 is 4.74 Å². The quantitative estimate of drug-likeness (QED) is 0.671. The molecule has 0 bridgehead atoms. The second-order valence-electron chi connectivity index (χ2n) is 4.15. The molecule has 2 nitrogen and oxygen atoms in total. The zero-order chi connectivity index (χ0) is 12.4. The third-order valence-electron chi connectivity index (χ3n) is 3.00. The second kappa shape index (κ2) is 4.49. The first kappa shape index (κ1) is 10.8. The van der Waals surface area contributed by atoms with Crippen LogP contribution in [-0.4, -0.2) is 12.1 Å². The molecule has 0 fully saturated rings. The summed E-state index contributed by atoms with van der Waals surface area (Å²) in [6.07, 6.45) is 1.75. The van der Waals surface area contributed by atoms with Crippen LogP contribution in [0.2, 0.25) is 0 Å². The highest BCUT2D eigenvalue weighted by atomic mass is 16.5. The van der Waals surface area contributed by atoms with Gasteiger partial charge in [-0.05, 0) is 23.3 Å². The first-order chi connectivity index (χ1) is 8.86. The Morgan fingerprint density at radius 1 is 0.889 bits per heavy atom. The van der Waals surface area contributed by atoms with Gasteiger partial charge in [0.2, 0.25) is 0 Å². The van der Waals surface area contributed by atoms with Gasteiger partial charge in [0.25, 0.3) is 0 Å². The minimum Gasteiger partial charge on any atom is -0.495 e. The lowest BCUT2D eigenvalue weighted by Crippen LogP contribution is -1.86. The summed E-state index contributed by atoms with van der Waals surface area (Å²) in [5.74, 6) is 0.787. The number of nitrogens with zero attached hydrogens (tertiary/aromatic N) is 1. The summed E-state index contributed by atoms with van der Waals surface area (Å²) in [4.78, 5) is 4.41. The minimum atomic E-state index is 0.787. The van der Waals surface area contributed by atoms with E-state index in [4.69, 9.17) is 4.74 Å². The fourth-order valence-electron chi connectivity index (χ4n) is 2.02. The van der Waals surface area contributed by atoms with Gasteiger partial charge >= 0.3 is 0 Å². The molecule has 0 N–H and O–H groups in total. The van der Waals surface area contributed by atoms with Crippen LogP contribution in [0.4, 0.5) is 0 Å². The SMILES string of the molecule is COc1cnc2cc(-c3ccccc3)ccc2c1. The Kier molecular flexibility index (Phi) is 2.69. The summed E-state index contributed by atoms with van der Waals surface area (Å²) < 4.78 is 5.17. The highest BCUT2D eigenvalue weighted by molar-refractivity contribution is 5.85. The van der Waals surface area contributed by atoms with Crippen molar-refractivity contribution >= 4 is 10.9 Å². The third-order valence-corrected chi connectivity index (χ3v) is 3.00. The van der Waals surface area contributed by atoms with E-state index < -0.39 is 0 Å². The van der Waals surface area contributed by atoms with E-state index in [9.17, 15) is 0 Å². The van der Waals surface area contributed by atoms with Crippen LogP contribution in [0.5, 0.6) is 5.75 Å². The Morgan fingerprint density at radius 3 is 2.50 bits per heavy atom. The van der Waals surface area contributed by atoms with Gasteiger partial charge in [-0.2, -0.15) is 0 Å². The van der Waals surface area contributed by atoms with Crippen molar-refractivity contribution in [3.8, 4) is 16.9 Å². The molecule has 0 aliphatic heterocycles. The molecule has 1 heterocycles. The van der Waals surface area contributed by atoms with Crippen LogP contribution in [0.15, 0.2) is 60.8 Å². The van der Waals surface area contributed by atoms with E-state index >= 15 is 0 Å². The molecule has 0 spiro atoms. The Morgan fingerprint density at radius 2 is 1.72 bits per heavy atom. The predicted octanol–water partition coefficient (Wildman–Crippen LogP) is 3.91. The lowest BCUT2D eigenvalue weighted by molar-refractivity contribution is 0.414. The molecule has 0 aliphatic carbocycles. The van der Waals surface area contributed by atoms with Crippen LogP contribution in [0, 0.1) is 0 Å². The van der Waals surface area contributed by atoms with Crippen molar-refractivity contribution in [3.05, 3.63) is 60.8 Å². The maximum Gasteiger partial charge on any atom is 0.137 e. The number of ether oxygens (including phenoxy) is 1. The van der Waals surface area contributed by atoms with Gasteiger partial charge < -0.3 is 4.74 Å². The Labute approximate surface area is 106 Å². The van der Waals surface area contributed by atoms with Gasteiger partial charge in [0.1, 0.15) is 5.75 Å². The van der Waals surface area contributed by atoms with E-state index in [1.807, 2.05) is 24.3 Å². The molecule has 1 aromatic heterocycles. The molecule has 0 atom stereocenters. The molecule has 0 saturated carbocycles. The standard InChI is InChI=1S/C16H13NO/c1-18-15-9-14-8-7-13(10-16(14)17-11-15)12-5-3-2-4-6-12/h2-11H,1H3. The van der Waals surface area contributed by atoms with Gasteiger partial charge in [-0.15, -0.1) is 0 Å². The van der Waals surface area contributed by atoms with Crippen LogP contribution in [0.1, 0.15) is 0 Å². The second-order valence-corrected chi connectivity index (χ2v) is 4.15. The monoisotopic (exact) mass is 235 g/mol. The van der Waals surface area contributed by atoms with Crippen LogP contribution >= 0.6 is 0 Å². The maximum absolute atomic E-state index is 5.17. The number of fused-ring (bicyclic) bond motifs is 1. The van der Waals surface area contributed by atoms with Gasteiger partial charge in [0.15, 0.2) is 0 Å². The van der Waals surface area contributed by atoms with E-state index in [0.29, 0.717) is 0 Å². The van der Waals surface area contributed by atoms with Gasteiger partial charge in [-0.1, -0.05) is 42.5 Å². The van der Waals surface area contributed by atoms with Crippen LogP contribution in [0.25, 0.3) is 22.0 Å². The van der Waals surface area contributed by atoms with Gasteiger partial charge in [-0.25, -0.2) is 0 Å². The highest BCUT2D eigenvalue weighted by Crippen LogP contribution is 2.25. The van der Waals surface area contributed by atoms with Crippen molar-refractivity contribution in [2.75, 3.05) is 7.11 Å². The van der Waals surface area contributed by atoms with Crippen molar-refractivity contribution in [3.63, 3.8) is 0 Å². The number of hydrogen-bond acceptors (Lipinski definition) is 2. The molecule has 0 unspecified atom stereocenters. The predicted molar refractivity (Wildman–Crippen MR) is 73.7 cm³/mol. The molecule has 18 heavy (non-hydrogen) atoms. The molecule has 0 aliphatic rings. The minimum absolute atomic E-state index is 0.787. The van der Waals surface area contributed by atoms with E-state index in [1.54, 1.807) is 13.3 Å². The van der Waals surface area contributed by atoms with Gasteiger partial charge in [0.05, 0.1) is 18.8 Å². The largest absolute Gasteiger partial charge is 0.495 e. The number of hydrogen-bond donors (Lipinski definition) is 0. The van der Waals surface area contributed by atoms with E-state index in [-0.39, 0.29) is 0 Å². The zero-order valence-electron chi connectivity index (χ0n) is 10.1. The van der Waals surface area contributed by atoms with E-state index in [0.717, 1.165) is 16.7 Å². The number of rotatable bonds is 2. The van der Waals surface area contributed by atoms with E-state index in [1.165, 1.54) is 11.1 Å². The fraction of sp³-hybridized carbons (Fsp3) is 0.0625. The summed E-state index contributed by atoms with van der Waals surface area (Å²) >= 11 is 0. The molecule has 0 saturated heterocycles. The fourth-order valence-corrected chi connectivity index (χ4v) is 2.02. The molecule has 3 rings (SSSR count). The van der Waals surface area contributed by atoms with Gasteiger partial charge in [0, 0.05) is 5.39 Å². The topological polar surface area (TPSA) is 22.1 Å². The van der Waals surface area contributed by atoms with Crippen molar-refractivity contribution in [2.45, 2.75) is 0 Å². The van der Waals surface area contributed by atoms with Crippen LogP contribution in [0.3, 0.4) is 0 Å². The van der Waals surface area contributed by atoms with Crippen molar-refractivity contribution in [1.29, 1.82) is 0 Å². The lowest BCUT2D eigenvalue weighted by atomic mass is 10.0. The summed E-state index contributed by atoms with van der Waals surface area (Å²) in [6.45, 7) is 0. The summed E-state index contributed by atoms with van der Waals surface area (Å²) in [6, 6.07) is 18.6. The number of methoxy groups -OCH3 is 1.